The zero-order valence-corrected chi connectivity index (χ0v) is 21.1. The summed E-state index contributed by atoms with van der Waals surface area (Å²) in [7, 11) is 0. The first-order valence-electron chi connectivity index (χ1n) is 12.0. The van der Waals surface area contributed by atoms with Gasteiger partial charge in [-0.1, -0.05) is 91.0 Å². The van der Waals surface area contributed by atoms with Crippen molar-refractivity contribution in [2.24, 2.45) is 0 Å². The largest absolute Gasteiger partial charge is 0.483 e. The number of halogens is 1. The van der Waals surface area contributed by atoms with Crippen LogP contribution in [0.1, 0.15) is 22.6 Å². The normalized spacial score (nSPS) is 12.0. The molecule has 2 heterocycles. The van der Waals surface area contributed by atoms with E-state index in [1.54, 1.807) is 10.8 Å². The third kappa shape index (κ3) is 5.69. The van der Waals surface area contributed by atoms with E-state index >= 15 is 0 Å². The Kier molecular flexibility index (Phi) is 7.96. The van der Waals surface area contributed by atoms with Gasteiger partial charge in [-0.3, -0.25) is 4.79 Å². The first-order chi connectivity index (χ1) is 18.6. The maximum absolute atomic E-state index is 13.6. The van der Waals surface area contributed by atoms with Gasteiger partial charge < -0.3 is 14.4 Å². The van der Waals surface area contributed by atoms with E-state index in [2.05, 4.69) is 10.1 Å². The average molecular weight is 529 g/mol. The van der Waals surface area contributed by atoms with E-state index in [1.807, 2.05) is 91.0 Å². The molecule has 9 heteroatoms. The van der Waals surface area contributed by atoms with Crippen LogP contribution < -0.4 is 10.2 Å². The zero-order chi connectivity index (χ0) is 26.3. The Hall–Kier alpha value is -4.21. The molecular weight excluding hydrogens is 503 g/mol. The Morgan fingerprint density at radius 1 is 0.921 bits per heavy atom. The number of hydrogen-bond acceptors (Lipinski definition) is 6. The number of aliphatic hydroxyl groups is 1. The molecule has 0 aliphatic heterocycles. The number of rotatable bonds is 10. The fourth-order valence-electron chi connectivity index (χ4n) is 4.41. The van der Waals surface area contributed by atoms with Crippen LogP contribution in [0.3, 0.4) is 0 Å². The molecule has 0 radical (unpaired) electrons. The predicted molar refractivity (Wildman–Crippen MR) is 145 cm³/mol. The minimum atomic E-state index is -0.858. The second-order valence-corrected chi connectivity index (χ2v) is 9.20. The molecule has 0 amide bonds. The lowest BCUT2D eigenvalue weighted by Gasteiger charge is -2.25. The summed E-state index contributed by atoms with van der Waals surface area (Å²) in [5.41, 5.74) is 2.18. The van der Waals surface area contributed by atoms with Gasteiger partial charge in [-0.25, -0.2) is 4.98 Å². The van der Waals surface area contributed by atoms with Crippen molar-refractivity contribution in [3.05, 3.63) is 136 Å². The van der Waals surface area contributed by atoms with Gasteiger partial charge in [0.25, 0.3) is 5.43 Å². The van der Waals surface area contributed by atoms with Gasteiger partial charge >= 0.3 is 0 Å². The lowest BCUT2D eigenvalue weighted by Crippen LogP contribution is -2.26. The Balaban J connectivity index is 1.46. The molecule has 5 aromatic rings. The number of nitrogens with zero attached hydrogens (tertiary/aromatic N) is 4. The van der Waals surface area contributed by atoms with Crippen LogP contribution >= 0.6 is 12.3 Å². The van der Waals surface area contributed by atoms with Crippen LogP contribution in [0, 0.1) is 0 Å². The summed E-state index contributed by atoms with van der Waals surface area (Å²) in [6.45, 7) is 0.266. The molecule has 1 unspecified atom stereocenters. The molecule has 7 nitrogen and oxygen atoms in total. The summed E-state index contributed by atoms with van der Waals surface area (Å²) >= 11 is -0.156. The van der Waals surface area contributed by atoms with E-state index < -0.39 is 11.5 Å². The van der Waals surface area contributed by atoms with E-state index in [9.17, 15) is 13.8 Å². The van der Waals surface area contributed by atoms with Crippen molar-refractivity contribution in [3.8, 4) is 17.3 Å². The highest BCUT2D eigenvalue weighted by molar-refractivity contribution is 7.92. The Morgan fingerprint density at radius 2 is 1.53 bits per heavy atom. The Labute approximate surface area is 223 Å². The van der Waals surface area contributed by atoms with Crippen LogP contribution in [0.5, 0.6) is 5.75 Å². The number of aliphatic hydroxyl groups excluding tert-OH is 1. The first-order valence-corrected chi connectivity index (χ1v) is 12.7. The van der Waals surface area contributed by atoms with Crippen LogP contribution in [0.25, 0.3) is 11.5 Å². The second-order valence-electron chi connectivity index (χ2n) is 8.69. The summed E-state index contributed by atoms with van der Waals surface area (Å²) in [5.74, 6) is -0.161. The molecule has 0 aliphatic rings. The molecule has 0 fully saturated rings. The lowest BCUT2D eigenvalue weighted by molar-refractivity contribution is 0.137. The summed E-state index contributed by atoms with van der Waals surface area (Å²) in [5, 5.41) is 15.6. The average Bonchev–Trinajstić information content (AvgIpc) is 3.42. The molecule has 0 aliphatic carbocycles. The Morgan fingerprint density at radius 3 is 2.13 bits per heavy atom. The molecule has 5 rings (SSSR count). The second kappa shape index (κ2) is 11.9. The smallest absolute Gasteiger partial charge is 0.253 e. The van der Waals surface area contributed by atoms with Crippen LogP contribution in [0.2, 0.25) is 0 Å². The Bertz CT molecular complexity index is 1490. The highest BCUT2D eigenvalue weighted by Crippen LogP contribution is 2.30. The van der Waals surface area contributed by atoms with E-state index in [4.69, 9.17) is 4.74 Å². The first kappa shape index (κ1) is 25.4. The molecule has 0 bridgehead atoms. The SMILES string of the molecule is O=c1c(OCc2ccccc2)cn(SF)nc1-c1nccn1CC(O)C(c1ccccc1)c1ccccc1. The fourth-order valence-corrected chi connectivity index (χ4v) is 4.65. The maximum atomic E-state index is 13.6. The van der Waals surface area contributed by atoms with E-state index in [0.29, 0.717) is 0 Å². The summed E-state index contributed by atoms with van der Waals surface area (Å²) in [6.07, 6.45) is 3.54. The molecule has 0 spiro atoms. The van der Waals surface area contributed by atoms with Gasteiger partial charge in [0.2, 0.25) is 0 Å². The molecule has 0 saturated heterocycles. The molecule has 1 atom stereocenters. The van der Waals surface area contributed by atoms with Crippen molar-refractivity contribution < 1.29 is 13.7 Å². The summed E-state index contributed by atoms with van der Waals surface area (Å²) < 4.78 is 21.9. The topological polar surface area (TPSA) is 82.2 Å². The standard InChI is InChI=1S/C29H25FN4O3S/c30-38-34-19-25(37-20-21-10-4-1-5-11-21)28(36)27(32-34)29-31-16-17-33(29)18-24(35)26(22-12-6-2-7-13-22)23-14-8-3-9-15-23/h1-17,19,24,26,35H,18,20H2. The van der Waals surface area contributed by atoms with Crippen LogP contribution in [-0.2, 0) is 13.2 Å². The van der Waals surface area contributed by atoms with Crippen molar-refractivity contribution in [2.75, 3.05) is 0 Å². The predicted octanol–water partition coefficient (Wildman–Crippen LogP) is 5.26. The molecule has 1 N–H and O–H groups in total. The van der Waals surface area contributed by atoms with Crippen LogP contribution in [0.15, 0.2) is 114 Å². The van der Waals surface area contributed by atoms with E-state index in [0.717, 1.165) is 20.8 Å². The zero-order valence-electron chi connectivity index (χ0n) is 20.3. The maximum Gasteiger partial charge on any atom is 0.253 e. The quantitative estimate of drug-likeness (QED) is 0.266. The number of hydrogen-bond donors (Lipinski definition) is 1. The third-order valence-electron chi connectivity index (χ3n) is 6.19. The van der Waals surface area contributed by atoms with Gasteiger partial charge in [-0.05, 0) is 16.7 Å². The minimum Gasteiger partial charge on any atom is -0.483 e. The van der Waals surface area contributed by atoms with Gasteiger partial charge in [-0.15, -0.1) is 3.89 Å². The highest BCUT2D eigenvalue weighted by atomic mass is 32.2. The fraction of sp³-hybridized carbons (Fsp3) is 0.138. The summed E-state index contributed by atoms with van der Waals surface area (Å²) in [6, 6.07) is 28.8. The third-order valence-corrected chi connectivity index (χ3v) is 6.51. The molecule has 192 valence electrons. The van der Waals surface area contributed by atoms with Gasteiger partial charge in [-0.2, -0.15) is 9.19 Å². The number of aromatic nitrogens is 4. The van der Waals surface area contributed by atoms with Crippen LogP contribution in [0.4, 0.5) is 3.89 Å². The van der Waals surface area contributed by atoms with Gasteiger partial charge in [0.15, 0.2) is 29.6 Å². The van der Waals surface area contributed by atoms with Crippen molar-refractivity contribution in [2.45, 2.75) is 25.2 Å². The number of ether oxygens (including phenoxy) is 1. The molecule has 2 aromatic heterocycles. The van der Waals surface area contributed by atoms with Gasteiger partial charge in [0.05, 0.1) is 18.8 Å². The lowest BCUT2D eigenvalue weighted by atomic mass is 9.86. The summed E-state index contributed by atoms with van der Waals surface area (Å²) in [4.78, 5) is 17.7. The molecule has 3 aromatic carbocycles. The molecule has 38 heavy (non-hydrogen) atoms. The number of benzene rings is 3. The van der Waals surface area contributed by atoms with Crippen molar-refractivity contribution >= 4 is 12.3 Å². The van der Waals surface area contributed by atoms with E-state index in [-0.39, 0.29) is 48.7 Å². The molecular formula is C29H25FN4O3S. The highest BCUT2D eigenvalue weighted by Gasteiger charge is 2.26. The van der Waals surface area contributed by atoms with Crippen molar-refractivity contribution in [1.82, 2.24) is 18.7 Å². The number of imidazole rings is 1. The van der Waals surface area contributed by atoms with Crippen molar-refractivity contribution in [1.29, 1.82) is 0 Å². The minimum absolute atomic E-state index is 0.0504. The van der Waals surface area contributed by atoms with E-state index in [1.165, 1.54) is 12.4 Å². The monoisotopic (exact) mass is 528 g/mol. The van der Waals surface area contributed by atoms with Crippen molar-refractivity contribution in [3.63, 3.8) is 0 Å². The van der Waals surface area contributed by atoms with Gasteiger partial charge in [0.1, 0.15) is 6.61 Å². The molecule has 0 saturated carbocycles. The van der Waals surface area contributed by atoms with Gasteiger partial charge in [0, 0.05) is 18.3 Å². The van der Waals surface area contributed by atoms with Crippen LogP contribution in [-0.4, -0.2) is 29.9 Å².